The number of aromatic nitrogens is 2. The van der Waals surface area contributed by atoms with E-state index >= 15 is 0 Å². The number of hydrogen-bond acceptors (Lipinski definition) is 5. The monoisotopic (exact) mass is 383 g/mol. The Kier molecular flexibility index (Phi) is 5.41. The Balaban J connectivity index is 1.38. The molecule has 0 radical (unpaired) electrons. The highest BCUT2D eigenvalue weighted by atomic mass is 35.5. The minimum atomic E-state index is 0.581. The Morgan fingerprint density at radius 3 is 2.96 bits per heavy atom. The van der Waals surface area contributed by atoms with E-state index in [0.29, 0.717) is 23.3 Å². The van der Waals surface area contributed by atoms with Gasteiger partial charge in [0, 0.05) is 36.6 Å². The fourth-order valence-corrected chi connectivity index (χ4v) is 3.58. The van der Waals surface area contributed by atoms with Crippen molar-refractivity contribution in [1.29, 1.82) is 0 Å². The van der Waals surface area contributed by atoms with E-state index < -0.39 is 0 Å². The Morgan fingerprint density at radius 1 is 1.19 bits per heavy atom. The number of rotatable bonds is 6. The molecule has 1 aliphatic rings. The Bertz CT molecular complexity index is 925. The first-order valence-corrected chi connectivity index (χ1v) is 9.64. The second-order valence-corrected chi connectivity index (χ2v) is 7.10. The molecule has 3 aromatic rings. The van der Waals surface area contributed by atoms with E-state index in [4.69, 9.17) is 20.9 Å². The predicted molar refractivity (Wildman–Crippen MR) is 105 cm³/mol. The zero-order chi connectivity index (χ0) is 18.6. The van der Waals surface area contributed by atoms with E-state index in [9.17, 15) is 0 Å². The largest absolute Gasteiger partial charge is 0.494 e. The van der Waals surface area contributed by atoms with Crippen LogP contribution in [0.25, 0.3) is 11.4 Å². The quantitative estimate of drug-likeness (QED) is 0.631. The smallest absolute Gasteiger partial charge is 0.228 e. The topological polar surface area (TPSA) is 51.4 Å². The number of halogens is 1. The molecule has 0 saturated heterocycles. The summed E-state index contributed by atoms with van der Waals surface area (Å²) in [7, 11) is 0. The summed E-state index contributed by atoms with van der Waals surface area (Å²) < 4.78 is 11.0. The van der Waals surface area contributed by atoms with E-state index in [1.807, 2.05) is 31.2 Å². The molecule has 1 aliphatic heterocycles. The maximum Gasteiger partial charge on any atom is 0.228 e. The Morgan fingerprint density at radius 2 is 2.11 bits per heavy atom. The van der Waals surface area contributed by atoms with Gasteiger partial charge >= 0.3 is 0 Å². The zero-order valence-electron chi connectivity index (χ0n) is 15.3. The third kappa shape index (κ3) is 4.31. The van der Waals surface area contributed by atoms with Gasteiger partial charge in [-0.15, -0.1) is 0 Å². The molecule has 0 bridgehead atoms. The normalized spacial score (nSPS) is 14.1. The minimum absolute atomic E-state index is 0.581. The SMILES string of the molecule is CCOc1ccc2c(c1)CN(CCc1nc(-c3cccc(Cl)c3)no1)CC2. The number of hydrogen-bond donors (Lipinski definition) is 0. The van der Waals surface area contributed by atoms with Crippen molar-refractivity contribution in [2.75, 3.05) is 19.7 Å². The van der Waals surface area contributed by atoms with Crippen LogP contribution >= 0.6 is 11.6 Å². The van der Waals surface area contributed by atoms with Gasteiger partial charge in [0.2, 0.25) is 11.7 Å². The van der Waals surface area contributed by atoms with Crippen LogP contribution in [0.1, 0.15) is 23.9 Å². The summed E-state index contributed by atoms with van der Waals surface area (Å²) in [6.45, 7) is 5.54. The van der Waals surface area contributed by atoms with Gasteiger partial charge < -0.3 is 9.26 Å². The molecule has 4 rings (SSSR count). The summed E-state index contributed by atoms with van der Waals surface area (Å²) in [5.41, 5.74) is 3.63. The van der Waals surface area contributed by atoms with E-state index in [1.165, 1.54) is 11.1 Å². The lowest BCUT2D eigenvalue weighted by molar-refractivity contribution is 0.244. The predicted octanol–water partition coefficient (Wildman–Crippen LogP) is 4.39. The van der Waals surface area contributed by atoms with Crippen LogP contribution < -0.4 is 4.74 Å². The van der Waals surface area contributed by atoms with Gasteiger partial charge in [-0.1, -0.05) is 35.0 Å². The number of benzene rings is 2. The lowest BCUT2D eigenvalue weighted by Crippen LogP contribution is -2.32. The molecule has 5 nitrogen and oxygen atoms in total. The molecule has 0 atom stereocenters. The first-order valence-electron chi connectivity index (χ1n) is 9.27. The lowest BCUT2D eigenvalue weighted by atomic mass is 9.99. The second kappa shape index (κ2) is 8.11. The van der Waals surface area contributed by atoms with Crippen molar-refractivity contribution >= 4 is 11.6 Å². The molecule has 1 aromatic heterocycles. The highest BCUT2D eigenvalue weighted by molar-refractivity contribution is 6.30. The summed E-state index contributed by atoms with van der Waals surface area (Å²) >= 11 is 6.03. The van der Waals surface area contributed by atoms with Gasteiger partial charge in [0.05, 0.1) is 6.61 Å². The van der Waals surface area contributed by atoms with Crippen molar-refractivity contribution in [3.05, 3.63) is 64.5 Å². The molecule has 0 N–H and O–H groups in total. The molecule has 0 unspecified atom stereocenters. The molecule has 0 saturated carbocycles. The average molecular weight is 384 g/mol. The standard InChI is InChI=1S/C21H22ClN3O2/c1-2-26-19-7-6-15-8-10-25(14-17(15)13-19)11-9-20-23-21(24-27-20)16-4-3-5-18(22)12-16/h3-7,12-13H,2,8-11,14H2,1H3. The molecule has 0 spiro atoms. The average Bonchev–Trinajstić information content (AvgIpc) is 3.15. The Hall–Kier alpha value is -2.37. The van der Waals surface area contributed by atoms with Crippen molar-refractivity contribution in [1.82, 2.24) is 15.0 Å². The Labute approximate surface area is 163 Å². The van der Waals surface area contributed by atoms with Crippen molar-refractivity contribution in [3.63, 3.8) is 0 Å². The summed E-state index contributed by atoms with van der Waals surface area (Å²) in [5, 5.41) is 4.74. The third-order valence-electron chi connectivity index (χ3n) is 4.77. The fraction of sp³-hybridized carbons (Fsp3) is 0.333. The van der Waals surface area contributed by atoms with Crippen LogP contribution in [0, 0.1) is 0 Å². The third-order valence-corrected chi connectivity index (χ3v) is 5.01. The summed E-state index contributed by atoms with van der Waals surface area (Å²) in [6.07, 6.45) is 1.79. The summed E-state index contributed by atoms with van der Waals surface area (Å²) in [5.74, 6) is 2.18. The van der Waals surface area contributed by atoms with Gasteiger partial charge in [-0.3, -0.25) is 4.90 Å². The van der Waals surface area contributed by atoms with E-state index in [-0.39, 0.29) is 0 Å². The van der Waals surface area contributed by atoms with Gasteiger partial charge in [-0.25, -0.2) is 0 Å². The number of nitrogens with zero attached hydrogens (tertiary/aromatic N) is 3. The van der Waals surface area contributed by atoms with Crippen LogP contribution in [0.3, 0.4) is 0 Å². The van der Waals surface area contributed by atoms with Crippen molar-refractivity contribution in [2.45, 2.75) is 26.3 Å². The van der Waals surface area contributed by atoms with Crippen LogP contribution in [-0.4, -0.2) is 34.7 Å². The van der Waals surface area contributed by atoms with Crippen LogP contribution in [0.4, 0.5) is 0 Å². The van der Waals surface area contributed by atoms with Crippen molar-refractivity contribution in [3.8, 4) is 17.1 Å². The first kappa shape index (κ1) is 18.0. The molecule has 27 heavy (non-hydrogen) atoms. The van der Waals surface area contributed by atoms with Crippen LogP contribution in [0.15, 0.2) is 47.0 Å². The van der Waals surface area contributed by atoms with E-state index in [1.54, 1.807) is 0 Å². The first-order chi connectivity index (χ1) is 13.2. The molecule has 0 fully saturated rings. The molecule has 0 aliphatic carbocycles. The fourth-order valence-electron chi connectivity index (χ4n) is 3.39. The summed E-state index contributed by atoms with van der Waals surface area (Å²) in [4.78, 5) is 6.92. The lowest BCUT2D eigenvalue weighted by Gasteiger charge is -2.28. The van der Waals surface area contributed by atoms with Gasteiger partial charge in [0.15, 0.2) is 0 Å². The van der Waals surface area contributed by atoms with Gasteiger partial charge in [0.1, 0.15) is 5.75 Å². The molecule has 6 heteroatoms. The molecule has 140 valence electrons. The van der Waals surface area contributed by atoms with Crippen LogP contribution in [-0.2, 0) is 19.4 Å². The van der Waals surface area contributed by atoms with Crippen molar-refractivity contribution in [2.24, 2.45) is 0 Å². The summed E-state index contributed by atoms with van der Waals surface area (Å²) in [6, 6.07) is 13.9. The number of fused-ring (bicyclic) bond motifs is 1. The molecule has 2 aromatic carbocycles. The highest BCUT2D eigenvalue weighted by Crippen LogP contribution is 2.24. The maximum atomic E-state index is 6.03. The zero-order valence-corrected chi connectivity index (χ0v) is 16.1. The van der Waals surface area contributed by atoms with Crippen LogP contribution in [0.5, 0.6) is 5.75 Å². The second-order valence-electron chi connectivity index (χ2n) is 6.66. The van der Waals surface area contributed by atoms with Crippen molar-refractivity contribution < 1.29 is 9.26 Å². The minimum Gasteiger partial charge on any atom is -0.494 e. The van der Waals surface area contributed by atoms with Gasteiger partial charge in [-0.05, 0) is 48.7 Å². The van der Waals surface area contributed by atoms with Gasteiger partial charge in [-0.2, -0.15) is 4.98 Å². The van der Waals surface area contributed by atoms with E-state index in [0.717, 1.165) is 43.8 Å². The van der Waals surface area contributed by atoms with E-state index in [2.05, 4.69) is 33.2 Å². The highest BCUT2D eigenvalue weighted by Gasteiger charge is 2.18. The molecular weight excluding hydrogens is 362 g/mol. The molecular formula is C21H22ClN3O2. The number of ether oxygens (including phenoxy) is 1. The molecule has 0 amide bonds. The maximum absolute atomic E-state index is 6.03. The van der Waals surface area contributed by atoms with Crippen LogP contribution in [0.2, 0.25) is 5.02 Å². The van der Waals surface area contributed by atoms with Gasteiger partial charge in [0.25, 0.3) is 0 Å². The molecule has 2 heterocycles.